The van der Waals surface area contributed by atoms with Crippen molar-refractivity contribution in [2.24, 2.45) is 0 Å². The average Bonchev–Trinajstić information content (AvgIpc) is 2.32. The second-order valence-corrected chi connectivity index (χ2v) is 5.06. The molecule has 2 rings (SSSR count). The van der Waals surface area contributed by atoms with E-state index >= 15 is 0 Å². The predicted octanol–water partition coefficient (Wildman–Crippen LogP) is 3.51. The number of halogens is 1. The van der Waals surface area contributed by atoms with Gasteiger partial charge in [0.15, 0.2) is 0 Å². The largest absolute Gasteiger partial charge is 0.214 e. The van der Waals surface area contributed by atoms with Gasteiger partial charge in [0.25, 0.3) is 0 Å². The molecule has 2 aromatic rings. The van der Waals surface area contributed by atoms with Crippen LogP contribution in [0.1, 0.15) is 11.1 Å². The highest BCUT2D eigenvalue weighted by Gasteiger charge is 1.96. The van der Waals surface area contributed by atoms with Crippen LogP contribution in [0, 0.1) is 0 Å². The Morgan fingerprint density at radius 1 is 0.625 bits per heavy atom. The quantitative estimate of drug-likeness (QED) is 0.723. The van der Waals surface area contributed by atoms with Crippen LogP contribution in [0.25, 0.3) is 0 Å². The molecule has 0 unspecified atom stereocenters. The molecule has 0 atom stereocenters. The lowest BCUT2D eigenvalue weighted by molar-refractivity contribution is 1.30. The summed E-state index contributed by atoms with van der Waals surface area (Å²) in [4.78, 5) is 0. The summed E-state index contributed by atoms with van der Waals surface area (Å²) in [5.74, 6) is 0. The topological polar surface area (TPSA) is 0 Å². The van der Waals surface area contributed by atoms with Crippen LogP contribution in [0.15, 0.2) is 60.7 Å². The van der Waals surface area contributed by atoms with Gasteiger partial charge in [0.1, 0.15) is 0 Å². The van der Waals surface area contributed by atoms with Crippen molar-refractivity contribution in [2.45, 2.75) is 10.6 Å². The van der Waals surface area contributed by atoms with Crippen LogP contribution in [0.4, 0.5) is 0 Å². The van der Waals surface area contributed by atoms with E-state index in [0.29, 0.717) is 15.2 Å². The average molecular weight is 246 g/mol. The summed E-state index contributed by atoms with van der Waals surface area (Å²) >= 11 is 0.501. The van der Waals surface area contributed by atoms with Crippen molar-refractivity contribution in [3.05, 3.63) is 71.8 Å². The Morgan fingerprint density at radius 3 is 1.38 bits per heavy atom. The first-order chi connectivity index (χ1) is 7.45. The number of benzene rings is 2. The van der Waals surface area contributed by atoms with Crippen LogP contribution in [0.3, 0.4) is 0 Å². The van der Waals surface area contributed by atoms with Crippen LogP contribution in [-0.4, -0.2) is 15.2 Å². The Balaban J connectivity index is 0.00000128. The van der Waals surface area contributed by atoms with Gasteiger partial charge in [-0.3, -0.25) is 0 Å². The van der Waals surface area contributed by atoms with Crippen molar-refractivity contribution < 1.29 is 0 Å². The standard InChI is InChI=1S/2C7H7.Al.ClH/c2*1-7-5-3-2-4-6-7;;/h2*2-6H,1H2;;1H. The fraction of sp³-hybridized carbons (Fsp3) is 0.143. The van der Waals surface area contributed by atoms with E-state index in [0.717, 1.165) is 0 Å². The predicted molar refractivity (Wildman–Crippen MR) is 73.3 cm³/mol. The van der Waals surface area contributed by atoms with Gasteiger partial charge in [0, 0.05) is 0 Å². The van der Waals surface area contributed by atoms with Crippen LogP contribution in [0.2, 0.25) is 0 Å². The minimum Gasteiger partial charge on any atom is -0.147 e. The number of hydrogen-bond acceptors (Lipinski definition) is 0. The molecule has 0 amide bonds. The third kappa shape index (κ3) is 4.41. The SMILES string of the molecule is Cl.c1ccc([CH2][Al][CH2]c2ccccc2)cc1. The van der Waals surface area contributed by atoms with Crippen molar-refractivity contribution in [1.82, 2.24) is 0 Å². The lowest BCUT2D eigenvalue weighted by Crippen LogP contribution is -2.01. The highest BCUT2D eigenvalue weighted by molar-refractivity contribution is 6.34. The maximum Gasteiger partial charge on any atom is 0.214 e. The van der Waals surface area contributed by atoms with E-state index < -0.39 is 0 Å². The van der Waals surface area contributed by atoms with Crippen molar-refractivity contribution in [3.8, 4) is 0 Å². The monoisotopic (exact) mass is 245 g/mol. The van der Waals surface area contributed by atoms with Gasteiger partial charge >= 0.3 is 0 Å². The summed E-state index contributed by atoms with van der Waals surface area (Å²) in [6.07, 6.45) is 0. The van der Waals surface area contributed by atoms with Gasteiger partial charge in [-0.1, -0.05) is 82.4 Å². The minimum absolute atomic E-state index is 0. The molecule has 0 aromatic heterocycles. The molecule has 0 spiro atoms. The molecule has 0 saturated carbocycles. The molecule has 0 N–H and O–H groups in total. The van der Waals surface area contributed by atoms with Crippen LogP contribution < -0.4 is 0 Å². The highest BCUT2D eigenvalue weighted by atomic mass is 35.5. The Morgan fingerprint density at radius 2 is 1.00 bits per heavy atom. The van der Waals surface area contributed by atoms with E-state index in [1.807, 2.05) is 0 Å². The van der Waals surface area contributed by atoms with Gasteiger partial charge in [-0.15, -0.1) is 12.4 Å². The molecule has 0 fully saturated rings. The molecule has 0 bridgehead atoms. The summed E-state index contributed by atoms with van der Waals surface area (Å²) < 4.78 is 0. The summed E-state index contributed by atoms with van der Waals surface area (Å²) in [5.41, 5.74) is 2.95. The highest BCUT2D eigenvalue weighted by Crippen LogP contribution is 2.02. The maximum atomic E-state index is 2.22. The Hall–Kier alpha value is -0.738. The summed E-state index contributed by atoms with van der Waals surface area (Å²) in [7, 11) is 0. The second kappa shape index (κ2) is 7.52. The zero-order valence-corrected chi connectivity index (χ0v) is 11.1. The fourth-order valence-electron chi connectivity index (χ4n) is 1.63. The van der Waals surface area contributed by atoms with Gasteiger partial charge in [-0.2, -0.15) is 0 Å². The molecule has 1 radical (unpaired) electrons. The van der Waals surface area contributed by atoms with Crippen molar-refractivity contribution in [1.29, 1.82) is 0 Å². The molecule has 0 aliphatic carbocycles. The van der Waals surface area contributed by atoms with Gasteiger partial charge < -0.3 is 0 Å². The summed E-state index contributed by atoms with van der Waals surface area (Å²) in [5, 5.41) is 2.52. The first-order valence-corrected chi connectivity index (χ1v) is 6.98. The van der Waals surface area contributed by atoms with Gasteiger partial charge in [-0.25, -0.2) is 0 Å². The molecule has 0 aliphatic rings. The molecule has 81 valence electrons. The molecule has 0 nitrogen and oxygen atoms in total. The lowest BCUT2D eigenvalue weighted by atomic mass is 10.2. The number of rotatable bonds is 4. The fourth-order valence-corrected chi connectivity index (χ4v) is 2.99. The third-order valence-electron chi connectivity index (χ3n) is 2.45. The molecule has 2 heteroatoms. The van der Waals surface area contributed by atoms with Crippen molar-refractivity contribution in [2.75, 3.05) is 0 Å². The smallest absolute Gasteiger partial charge is 0.147 e. The molecule has 16 heavy (non-hydrogen) atoms. The van der Waals surface area contributed by atoms with Gasteiger partial charge in [0.2, 0.25) is 15.2 Å². The van der Waals surface area contributed by atoms with Gasteiger partial charge in [0.05, 0.1) is 0 Å². The van der Waals surface area contributed by atoms with E-state index in [2.05, 4.69) is 60.7 Å². The number of hydrogen-bond donors (Lipinski definition) is 0. The Kier molecular flexibility index (Phi) is 6.27. The van der Waals surface area contributed by atoms with Crippen LogP contribution >= 0.6 is 12.4 Å². The van der Waals surface area contributed by atoms with Crippen LogP contribution in [0.5, 0.6) is 0 Å². The summed E-state index contributed by atoms with van der Waals surface area (Å²) in [6, 6.07) is 21.5. The van der Waals surface area contributed by atoms with E-state index in [1.165, 1.54) is 21.7 Å². The van der Waals surface area contributed by atoms with E-state index in [-0.39, 0.29) is 12.4 Å². The molecule has 2 aromatic carbocycles. The second-order valence-electron chi connectivity index (χ2n) is 3.67. The van der Waals surface area contributed by atoms with Crippen LogP contribution in [-0.2, 0) is 10.6 Å². The summed E-state index contributed by atoms with van der Waals surface area (Å²) in [6.45, 7) is 0. The first kappa shape index (κ1) is 13.3. The minimum atomic E-state index is 0. The zero-order chi connectivity index (χ0) is 10.3. The van der Waals surface area contributed by atoms with E-state index in [4.69, 9.17) is 0 Å². The lowest BCUT2D eigenvalue weighted by Gasteiger charge is -2.00. The molecular weight excluding hydrogens is 231 g/mol. The Bertz CT molecular complexity index is 346. The Labute approximate surface area is 110 Å². The maximum absolute atomic E-state index is 2.22. The molecular formula is C14H15AlCl. The molecule has 0 heterocycles. The molecule has 0 aliphatic heterocycles. The van der Waals surface area contributed by atoms with E-state index in [9.17, 15) is 0 Å². The normalized spacial score (nSPS) is 9.25. The van der Waals surface area contributed by atoms with Crippen molar-refractivity contribution in [3.63, 3.8) is 0 Å². The zero-order valence-electron chi connectivity index (χ0n) is 9.17. The first-order valence-electron chi connectivity index (χ1n) is 5.34. The van der Waals surface area contributed by atoms with Crippen molar-refractivity contribution >= 4 is 27.6 Å². The van der Waals surface area contributed by atoms with E-state index in [1.54, 1.807) is 0 Å². The molecule has 0 saturated heterocycles. The van der Waals surface area contributed by atoms with Gasteiger partial charge in [-0.05, 0) is 0 Å². The third-order valence-corrected chi connectivity index (χ3v) is 3.97.